The van der Waals surface area contributed by atoms with Crippen molar-refractivity contribution in [1.82, 2.24) is 15.2 Å². The fraction of sp³-hybridized carbons (Fsp3) is 0.321. The van der Waals surface area contributed by atoms with Crippen LogP contribution in [0.4, 0.5) is 5.69 Å². The van der Waals surface area contributed by atoms with Gasteiger partial charge in [-0.05, 0) is 59.0 Å². The molecule has 0 unspecified atom stereocenters. The number of hydrogen-bond donors (Lipinski definition) is 2. The Kier molecular flexibility index (Phi) is 8.59. The van der Waals surface area contributed by atoms with E-state index >= 15 is 0 Å². The summed E-state index contributed by atoms with van der Waals surface area (Å²) in [7, 11) is 0. The second kappa shape index (κ2) is 12.2. The number of ether oxygens (including phenoxy) is 1. The maximum Gasteiger partial charge on any atom is 0.257 e. The Morgan fingerprint density at radius 2 is 1.66 bits per heavy atom. The van der Waals surface area contributed by atoms with Crippen molar-refractivity contribution in [3.05, 3.63) is 95.3 Å². The summed E-state index contributed by atoms with van der Waals surface area (Å²) in [4.78, 5) is 24.1. The number of benzene rings is 2. The summed E-state index contributed by atoms with van der Waals surface area (Å²) in [6.07, 6.45) is 3.47. The zero-order valence-corrected chi connectivity index (χ0v) is 20.4. The van der Waals surface area contributed by atoms with Gasteiger partial charge in [0.2, 0.25) is 5.96 Å². The molecule has 3 aromatic rings. The van der Waals surface area contributed by atoms with Gasteiger partial charge in [-0.1, -0.05) is 38.1 Å². The van der Waals surface area contributed by atoms with Gasteiger partial charge in [0.1, 0.15) is 0 Å². The van der Waals surface area contributed by atoms with Crippen LogP contribution in [0.1, 0.15) is 46.8 Å². The predicted molar refractivity (Wildman–Crippen MR) is 140 cm³/mol. The molecule has 1 fully saturated rings. The van der Waals surface area contributed by atoms with Gasteiger partial charge in [0.15, 0.2) is 0 Å². The second-order valence-corrected chi connectivity index (χ2v) is 8.96. The van der Waals surface area contributed by atoms with Crippen LogP contribution in [0.2, 0.25) is 0 Å². The molecule has 0 aliphatic carbocycles. The summed E-state index contributed by atoms with van der Waals surface area (Å²) in [5.41, 5.74) is 4.90. The molecule has 1 amide bonds. The maximum atomic E-state index is 13.0. The molecule has 0 saturated carbocycles. The fourth-order valence-corrected chi connectivity index (χ4v) is 3.82. The summed E-state index contributed by atoms with van der Waals surface area (Å²) in [6, 6.07) is 19.7. The lowest BCUT2D eigenvalue weighted by atomic mass is 10.0. The van der Waals surface area contributed by atoms with Crippen LogP contribution < -0.4 is 10.6 Å². The molecule has 0 bridgehead atoms. The lowest BCUT2D eigenvalue weighted by Gasteiger charge is -2.26. The molecule has 7 heteroatoms. The maximum absolute atomic E-state index is 13.0. The minimum Gasteiger partial charge on any atom is -0.379 e. The fourth-order valence-electron chi connectivity index (χ4n) is 3.82. The first-order chi connectivity index (χ1) is 17.1. The van der Waals surface area contributed by atoms with Crippen molar-refractivity contribution in [2.45, 2.75) is 32.9 Å². The van der Waals surface area contributed by atoms with E-state index in [0.717, 1.165) is 44.1 Å². The van der Waals surface area contributed by atoms with Crippen molar-refractivity contribution in [3.63, 3.8) is 0 Å². The number of carbonyl (C=O) groups is 1. The molecule has 7 nitrogen and oxygen atoms in total. The lowest BCUT2D eigenvalue weighted by molar-refractivity contribution is 0.0342. The van der Waals surface area contributed by atoms with Crippen LogP contribution in [0.25, 0.3) is 0 Å². The highest BCUT2D eigenvalue weighted by Crippen LogP contribution is 2.17. The molecular weight excluding hydrogens is 438 g/mol. The molecule has 1 aliphatic rings. The van der Waals surface area contributed by atoms with Crippen LogP contribution in [-0.2, 0) is 17.8 Å². The van der Waals surface area contributed by atoms with Crippen LogP contribution in [0.5, 0.6) is 0 Å². The van der Waals surface area contributed by atoms with E-state index in [0.29, 0.717) is 24.0 Å². The van der Waals surface area contributed by atoms with Gasteiger partial charge >= 0.3 is 0 Å². The average Bonchev–Trinajstić information content (AvgIpc) is 2.89. The summed E-state index contributed by atoms with van der Waals surface area (Å²) in [5, 5.41) is 6.21. The topological polar surface area (TPSA) is 78.8 Å². The Bertz CT molecular complexity index is 1110. The third kappa shape index (κ3) is 7.47. The van der Waals surface area contributed by atoms with Gasteiger partial charge < -0.3 is 10.1 Å². The molecule has 2 heterocycles. The zero-order chi connectivity index (χ0) is 24.5. The highest BCUT2D eigenvalue weighted by atomic mass is 16.5. The number of guanidine groups is 1. The number of nitrogens with one attached hydrogen (secondary N) is 2. The average molecular weight is 472 g/mol. The number of hydrogen-bond acceptors (Lipinski definition) is 5. The smallest absolute Gasteiger partial charge is 0.257 e. The Hall–Kier alpha value is -3.55. The van der Waals surface area contributed by atoms with E-state index in [2.05, 4.69) is 51.5 Å². The molecule has 2 N–H and O–H groups in total. The van der Waals surface area contributed by atoms with Crippen LogP contribution in [0, 0.1) is 0 Å². The number of carbonyl (C=O) groups excluding carboxylic acids is 1. The molecule has 2 aromatic carbocycles. The molecule has 1 saturated heterocycles. The number of morpholine rings is 1. The number of aliphatic imine (C=N–C) groups is 1. The van der Waals surface area contributed by atoms with Crippen molar-refractivity contribution in [2.75, 3.05) is 31.6 Å². The first-order valence-corrected chi connectivity index (χ1v) is 12.1. The van der Waals surface area contributed by atoms with Gasteiger partial charge in [0.05, 0.1) is 19.8 Å². The summed E-state index contributed by atoms with van der Waals surface area (Å²) >= 11 is 0. The molecule has 1 aromatic heterocycles. The van der Waals surface area contributed by atoms with Gasteiger partial charge in [0.25, 0.3) is 5.91 Å². The van der Waals surface area contributed by atoms with Gasteiger partial charge in [-0.2, -0.15) is 0 Å². The van der Waals surface area contributed by atoms with E-state index in [1.807, 2.05) is 48.5 Å². The number of amides is 1. The van der Waals surface area contributed by atoms with Crippen molar-refractivity contribution in [1.29, 1.82) is 0 Å². The van der Waals surface area contributed by atoms with E-state index in [9.17, 15) is 4.79 Å². The molecule has 182 valence electrons. The molecule has 0 radical (unpaired) electrons. The van der Waals surface area contributed by atoms with Crippen LogP contribution >= 0.6 is 0 Å². The second-order valence-electron chi connectivity index (χ2n) is 8.96. The monoisotopic (exact) mass is 471 g/mol. The van der Waals surface area contributed by atoms with Crippen LogP contribution in [0.15, 0.2) is 78.0 Å². The minimum absolute atomic E-state index is 0.206. The lowest BCUT2D eigenvalue weighted by Crippen LogP contribution is -2.36. The largest absolute Gasteiger partial charge is 0.379 e. The standard InChI is InChI=1S/C28H33N5O2/c1-21(2)24-7-9-26(10-8-24)31-28(30-19-22-11-13-29-14-12-22)32-27(34)25-5-3-23(4-6-25)20-33-15-17-35-18-16-33/h3-14,21H,15-20H2,1-2H3,(H2,30,31,32,34). The van der Waals surface area contributed by atoms with Crippen molar-refractivity contribution in [2.24, 2.45) is 4.99 Å². The Balaban J connectivity index is 1.44. The number of aromatic nitrogens is 1. The van der Waals surface area contributed by atoms with Gasteiger partial charge in [-0.15, -0.1) is 0 Å². The van der Waals surface area contributed by atoms with Crippen molar-refractivity contribution >= 4 is 17.6 Å². The van der Waals surface area contributed by atoms with E-state index in [4.69, 9.17) is 4.74 Å². The van der Waals surface area contributed by atoms with E-state index in [1.165, 1.54) is 11.1 Å². The highest BCUT2D eigenvalue weighted by molar-refractivity contribution is 6.09. The summed E-state index contributed by atoms with van der Waals surface area (Å²) < 4.78 is 5.42. The molecule has 35 heavy (non-hydrogen) atoms. The number of anilines is 1. The quantitative estimate of drug-likeness (QED) is 0.394. The Morgan fingerprint density at radius 3 is 2.31 bits per heavy atom. The van der Waals surface area contributed by atoms with E-state index in [-0.39, 0.29) is 5.91 Å². The molecule has 0 spiro atoms. The van der Waals surface area contributed by atoms with Crippen LogP contribution in [-0.4, -0.2) is 48.1 Å². The summed E-state index contributed by atoms with van der Waals surface area (Å²) in [5.74, 6) is 0.652. The molecule has 1 aliphatic heterocycles. The normalized spacial score (nSPS) is 14.7. The zero-order valence-electron chi connectivity index (χ0n) is 20.4. The predicted octanol–water partition coefficient (Wildman–Crippen LogP) is 4.44. The summed E-state index contributed by atoms with van der Waals surface area (Å²) in [6.45, 7) is 9.02. The Labute approximate surface area is 207 Å². The van der Waals surface area contributed by atoms with E-state index in [1.54, 1.807) is 12.4 Å². The van der Waals surface area contributed by atoms with Crippen LogP contribution in [0.3, 0.4) is 0 Å². The molecular formula is C28H33N5O2. The van der Waals surface area contributed by atoms with Gasteiger partial charge in [0, 0.05) is 43.3 Å². The first kappa shape index (κ1) is 24.6. The SMILES string of the molecule is CC(C)c1ccc(NC(=NCc2ccncc2)NC(=O)c2ccc(CN3CCOCC3)cc2)cc1. The number of nitrogens with zero attached hydrogens (tertiary/aromatic N) is 3. The number of pyridine rings is 1. The third-order valence-corrected chi connectivity index (χ3v) is 5.97. The Morgan fingerprint density at radius 1 is 0.971 bits per heavy atom. The van der Waals surface area contributed by atoms with Gasteiger partial charge in [-0.3, -0.25) is 20.0 Å². The first-order valence-electron chi connectivity index (χ1n) is 12.1. The molecule has 4 rings (SSSR count). The van der Waals surface area contributed by atoms with Crippen molar-refractivity contribution < 1.29 is 9.53 Å². The van der Waals surface area contributed by atoms with E-state index < -0.39 is 0 Å². The van der Waals surface area contributed by atoms with Crippen molar-refractivity contribution in [3.8, 4) is 0 Å². The van der Waals surface area contributed by atoms with Gasteiger partial charge in [-0.25, -0.2) is 4.99 Å². The number of rotatable bonds is 7. The highest BCUT2D eigenvalue weighted by Gasteiger charge is 2.13. The molecule has 0 atom stereocenters. The third-order valence-electron chi connectivity index (χ3n) is 5.97. The minimum atomic E-state index is -0.206.